The monoisotopic (exact) mass is 503 g/mol. The molecule has 0 saturated carbocycles. The van der Waals surface area contributed by atoms with Gasteiger partial charge >= 0.3 is 0 Å². The molecule has 0 saturated heterocycles. The second kappa shape index (κ2) is 9.45. The molecule has 1 aliphatic rings. The zero-order valence-corrected chi connectivity index (χ0v) is 24.5. The first-order valence-electron chi connectivity index (χ1n) is 14.8. The number of hydrogen-bond donors (Lipinski definition) is 0. The molecule has 4 aromatic carbocycles. The van der Waals surface area contributed by atoms with Crippen molar-refractivity contribution in [3.63, 3.8) is 0 Å². The predicted octanol–water partition coefficient (Wildman–Crippen LogP) is 10.8. The summed E-state index contributed by atoms with van der Waals surface area (Å²) in [5.41, 5.74) is 10.9. The molecule has 196 valence electrons. The van der Waals surface area contributed by atoms with Gasteiger partial charge in [-0.1, -0.05) is 120 Å². The van der Waals surface area contributed by atoms with E-state index < -0.39 is 11.8 Å². The van der Waals surface area contributed by atoms with Crippen LogP contribution in [0, 0.1) is 0 Å². The van der Waals surface area contributed by atoms with Crippen molar-refractivity contribution >= 4 is 11.4 Å². The first-order chi connectivity index (χ1) is 18.5. The first kappa shape index (κ1) is 23.8. The molecule has 0 fully saturated rings. The SMILES string of the molecule is [2H]C(C)(C)c1cc2c(cc1N(c1c(-c3ccccc3)cccc1C([2H])(C)C)C(C)(C)C)-c1ccccc1C2(C)C. The van der Waals surface area contributed by atoms with Crippen molar-refractivity contribution in [2.24, 2.45) is 0 Å². The Morgan fingerprint density at radius 1 is 0.658 bits per heavy atom. The van der Waals surface area contributed by atoms with E-state index in [1.807, 2.05) is 33.8 Å². The topological polar surface area (TPSA) is 3.24 Å². The van der Waals surface area contributed by atoms with E-state index in [0.29, 0.717) is 0 Å². The number of benzene rings is 4. The van der Waals surface area contributed by atoms with Crippen molar-refractivity contribution in [1.29, 1.82) is 0 Å². The summed E-state index contributed by atoms with van der Waals surface area (Å²) in [4.78, 5) is 2.42. The summed E-state index contributed by atoms with van der Waals surface area (Å²) in [7, 11) is 0. The van der Waals surface area contributed by atoms with Gasteiger partial charge in [0.25, 0.3) is 0 Å². The number of rotatable bonds is 5. The highest BCUT2D eigenvalue weighted by molar-refractivity contribution is 5.90. The molecule has 1 aliphatic carbocycles. The van der Waals surface area contributed by atoms with Crippen LogP contribution in [0.1, 0.15) is 99.1 Å². The molecular weight excluding hydrogens is 458 g/mol. The molecule has 1 heteroatoms. The Kier molecular flexibility index (Phi) is 5.91. The van der Waals surface area contributed by atoms with Gasteiger partial charge in [-0.25, -0.2) is 0 Å². The summed E-state index contributed by atoms with van der Waals surface area (Å²) in [6.07, 6.45) is 0. The highest BCUT2D eigenvalue weighted by Crippen LogP contribution is 2.53. The number of para-hydroxylation sites is 1. The summed E-state index contributed by atoms with van der Waals surface area (Å²) < 4.78 is 18.6. The third-order valence-corrected chi connectivity index (χ3v) is 8.03. The van der Waals surface area contributed by atoms with Gasteiger partial charge in [0.15, 0.2) is 0 Å². The zero-order valence-electron chi connectivity index (χ0n) is 26.5. The fourth-order valence-electron chi connectivity index (χ4n) is 6.18. The van der Waals surface area contributed by atoms with Crippen molar-refractivity contribution in [2.45, 2.75) is 85.1 Å². The number of anilines is 2. The van der Waals surface area contributed by atoms with Crippen LogP contribution in [0.25, 0.3) is 22.3 Å². The van der Waals surface area contributed by atoms with E-state index in [2.05, 4.69) is 118 Å². The Morgan fingerprint density at radius 2 is 1.26 bits per heavy atom. The zero-order chi connectivity index (χ0) is 29.3. The molecular formula is C37H43N. The van der Waals surface area contributed by atoms with Crippen LogP contribution in [-0.2, 0) is 5.41 Å². The van der Waals surface area contributed by atoms with Crippen LogP contribution in [0.3, 0.4) is 0 Å². The average Bonchev–Trinajstić information content (AvgIpc) is 3.09. The second-order valence-electron chi connectivity index (χ2n) is 12.7. The van der Waals surface area contributed by atoms with Gasteiger partial charge in [0.2, 0.25) is 0 Å². The number of fused-ring (bicyclic) bond motifs is 3. The normalized spacial score (nSPS) is 15.4. The van der Waals surface area contributed by atoms with Crippen LogP contribution in [0.4, 0.5) is 11.4 Å². The maximum absolute atomic E-state index is 9.36. The maximum atomic E-state index is 9.36. The Balaban J connectivity index is 1.92. The van der Waals surface area contributed by atoms with E-state index >= 15 is 0 Å². The molecule has 0 atom stereocenters. The van der Waals surface area contributed by atoms with Gasteiger partial charge in [0.1, 0.15) is 0 Å². The third kappa shape index (κ3) is 4.27. The minimum Gasteiger partial charge on any atom is -0.335 e. The number of nitrogens with zero attached hydrogens (tertiary/aromatic N) is 1. The summed E-state index contributed by atoms with van der Waals surface area (Å²) in [6, 6.07) is 30.2. The number of hydrogen-bond acceptors (Lipinski definition) is 1. The molecule has 0 radical (unpaired) electrons. The molecule has 0 aliphatic heterocycles. The van der Waals surface area contributed by atoms with Gasteiger partial charge in [0, 0.05) is 24.9 Å². The quantitative estimate of drug-likeness (QED) is 0.262. The van der Waals surface area contributed by atoms with Crippen LogP contribution >= 0.6 is 0 Å². The molecule has 5 rings (SSSR count). The molecule has 0 spiro atoms. The smallest absolute Gasteiger partial charge is 0.0530 e. The minimum absolute atomic E-state index is 0.146. The van der Waals surface area contributed by atoms with Gasteiger partial charge in [0.05, 0.1) is 5.69 Å². The first-order valence-corrected chi connectivity index (χ1v) is 13.8. The molecule has 0 unspecified atom stereocenters. The van der Waals surface area contributed by atoms with Crippen molar-refractivity contribution in [3.05, 3.63) is 107 Å². The van der Waals surface area contributed by atoms with Crippen molar-refractivity contribution in [2.75, 3.05) is 4.90 Å². The summed E-state index contributed by atoms with van der Waals surface area (Å²) in [6.45, 7) is 19.2. The predicted molar refractivity (Wildman–Crippen MR) is 166 cm³/mol. The van der Waals surface area contributed by atoms with Crippen LogP contribution in [0.5, 0.6) is 0 Å². The lowest BCUT2D eigenvalue weighted by Gasteiger charge is -2.43. The third-order valence-electron chi connectivity index (χ3n) is 8.03. The minimum atomic E-state index is -0.836. The lowest BCUT2D eigenvalue weighted by molar-refractivity contribution is 0.555. The second-order valence-corrected chi connectivity index (χ2v) is 12.7. The fourth-order valence-corrected chi connectivity index (χ4v) is 6.18. The molecule has 0 aromatic heterocycles. The Bertz CT molecular complexity index is 1560. The summed E-state index contributed by atoms with van der Waals surface area (Å²) in [5.74, 6) is -1.66. The van der Waals surface area contributed by atoms with Gasteiger partial charge in [-0.15, -0.1) is 0 Å². The van der Waals surface area contributed by atoms with E-state index in [-0.39, 0.29) is 11.0 Å². The molecule has 0 bridgehead atoms. The van der Waals surface area contributed by atoms with Gasteiger partial charge < -0.3 is 4.90 Å². The van der Waals surface area contributed by atoms with Crippen molar-refractivity contribution < 1.29 is 2.74 Å². The Morgan fingerprint density at radius 3 is 1.89 bits per heavy atom. The highest BCUT2D eigenvalue weighted by atomic mass is 15.2. The average molecular weight is 504 g/mol. The summed E-state index contributed by atoms with van der Waals surface area (Å²) >= 11 is 0. The van der Waals surface area contributed by atoms with E-state index in [0.717, 1.165) is 33.6 Å². The molecule has 0 amide bonds. The maximum Gasteiger partial charge on any atom is 0.0530 e. The van der Waals surface area contributed by atoms with Gasteiger partial charge in [-0.2, -0.15) is 0 Å². The molecule has 0 heterocycles. The van der Waals surface area contributed by atoms with Crippen molar-refractivity contribution in [1.82, 2.24) is 0 Å². The molecule has 38 heavy (non-hydrogen) atoms. The van der Waals surface area contributed by atoms with E-state index in [4.69, 9.17) is 0 Å². The largest absolute Gasteiger partial charge is 0.335 e. The Labute approximate surface area is 233 Å². The molecule has 0 N–H and O–H groups in total. The van der Waals surface area contributed by atoms with E-state index in [1.54, 1.807) is 0 Å². The Hall–Kier alpha value is -3.32. The highest BCUT2D eigenvalue weighted by Gasteiger charge is 2.38. The van der Waals surface area contributed by atoms with E-state index in [9.17, 15) is 2.74 Å². The lowest BCUT2D eigenvalue weighted by Crippen LogP contribution is -2.39. The van der Waals surface area contributed by atoms with Crippen LogP contribution in [0.15, 0.2) is 84.9 Å². The summed E-state index contributed by atoms with van der Waals surface area (Å²) in [5, 5.41) is 0. The molecule has 4 aromatic rings. The fraction of sp³-hybridized carbons (Fsp3) is 0.351. The molecule has 1 nitrogen and oxygen atoms in total. The lowest BCUT2D eigenvalue weighted by atomic mass is 9.80. The van der Waals surface area contributed by atoms with Gasteiger partial charge in [-0.05, 0) is 77.6 Å². The standard InChI is InChI=1S/C37H43N/c1-24(2)27-19-15-20-28(26-16-11-10-12-17-26)35(27)38(36(5,6)7)34-23-31-29-18-13-14-21-32(29)37(8,9)33(31)22-30(34)25(3)4/h10-25H,1-9H3/i24D,25D. The van der Waals surface area contributed by atoms with Crippen LogP contribution in [0.2, 0.25) is 0 Å². The van der Waals surface area contributed by atoms with Gasteiger partial charge in [-0.3, -0.25) is 0 Å². The van der Waals surface area contributed by atoms with Crippen LogP contribution in [-0.4, -0.2) is 5.54 Å². The van der Waals surface area contributed by atoms with E-state index in [1.165, 1.54) is 22.3 Å². The van der Waals surface area contributed by atoms with Crippen molar-refractivity contribution in [3.8, 4) is 22.3 Å². The van der Waals surface area contributed by atoms with Crippen LogP contribution < -0.4 is 4.90 Å².